The number of hydrogen-bond acceptors (Lipinski definition) is 4. The normalized spacial score (nSPS) is 17.6. The Labute approximate surface area is 151 Å². The molecule has 3 rings (SSSR count). The Morgan fingerprint density at radius 3 is 2.33 bits per heavy atom. The predicted molar refractivity (Wildman–Crippen MR) is 94.4 cm³/mol. The summed E-state index contributed by atoms with van der Waals surface area (Å²) in [6, 6.07) is 8.09. The molecule has 128 valence electrons. The third-order valence-electron chi connectivity index (χ3n) is 4.48. The molecule has 1 aromatic carbocycles. The standard InChI is InChI=1S/C17H17Cl2NO3S/c1-12-10-13(11-20-16(12)19)17(6-8-23-9-7-17)24(21,22)15-4-2-14(18)3-5-15/h2-5,10-11H,6-9H2,1H3. The molecule has 0 N–H and O–H groups in total. The summed E-state index contributed by atoms with van der Waals surface area (Å²) < 4.78 is 31.3. The SMILES string of the molecule is Cc1cc(C2(S(=O)(=O)c3ccc(Cl)cc3)CCOCC2)cnc1Cl. The van der Waals surface area contributed by atoms with Crippen molar-refractivity contribution >= 4 is 33.0 Å². The summed E-state index contributed by atoms with van der Waals surface area (Å²) in [6.07, 6.45) is 2.32. The Kier molecular flexibility index (Phi) is 4.89. The van der Waals surface area contributed by atoms with Crippen molar-refractivity contribution in [1.82, 2.24) is 4.98 Å². The van der Waals surface area contributed by atoms with Crippen LogP contribution in [0.3, 0.4) is 0 Å². The van der Waals surface area contributed by atoms with Crippen molar-refractivity contribution in [3.63, 3.8) is 0 Å². The fourth-order valence-electron chi connectivity index (χ4n) is 3.06. The van der Waals surface area contributed by atoms with Crippen LogP contribution in [-0.2, 0) is 19.3 Å². The third kappa shape index (κ3) is 2.94. The number of aromatic nitrogens is 1. The van der Waals surface area contributed by atoms with Gasteiger partial charge in [0, 0.05) is 24.4 Å². The molecule has 0 atom stereocenters. The first-order valence-corrected chi connectivity index (χ1v) is 9.81. The molecule has 0 aliphatic carbocycles. The van der Waals surface area contributed by atoms with E-state index in [1.54, 1.807) is 30.5 Å². The highest BCUT2D eigenvalue weighted by atomic mass is 35.5. The van der Waals surface area contributed by atoms with E-state index < -0.39 is 14.6 Å². The Hall–Kier alpha value is -1.14. The zero-order valence-electron chi connectivity index (χ0n) is 13.1. The molecular weight excluding hydrogens is 369 g/mol. The van der Waals surface area contributed by atoms with Crippen LogP contribution in [0.1, 0.15) is 24.0 Å². The Morgan fingerprint density at radius 1 is 1.12 bits per heavy atom. The predicted octanol–water partition coefficient (Wildman–Crippen LogP) is 4.18. The second kappa shape index (κ2) is 6.64. The molecule has 0 unspecified atom stereocenters. The summed E-state index contributed by atoms with van der Waals surface area (Å²) in [5.41, 5.74) is 1.41. The maximum atomic E-state index is 13.5. The van der Waals surface area contributed by atoms with Gasteiger partial charge >= 0.3 is 0 Å². The number of sulfone groups is 1. The number of pyridine rings is 1. The number of hydrogen-bond donors (Lipinski definition) is 0. The van der Waals surface area contributed by atoms with Crippen LogP contribution in [0.15, 0.2) is 41.4 Å². The van der Waals surface area contributed by atoms with Crippen molar-refractivity contribution in [2.24, 2.45) is 0 Å². The molecule has 4 nitrogen and oxygen atoms in total. The van der Waals surface area contributed by atoms with E-state index in [2.05, 4.69) is 4.98 Å². The molecule has 0 radical (unpaired) electrons. The fourth-order valence-corrected chi connectivity index (χ4v) is 5.36. The molecule has 0 amide bonds. The minimum Gasteiger partial charge on any atom is -0.381 e. The first-order chi connectivity index (χ1) is 11.4. The van der Waals surface area contributed by atoms with Crippen LogP contribution in [-0.4, -0.2) is 26.6 Å². The van der Waals surface area contributed by atoms with Crippen molar-refractivity contribution in [3.8, 4) is 0 Å². The van der Waals surface area contributed by atoms with Gasteiger partial charge < -0.3 is 4.74 Å². The molecule has 0 bridgehead atoms. The monoisotopic (exact) mass is 385 g/mol. The average molecular weight is 386 g/mol. The molecule has 2 aromatic rings. The number of aryl methyl sites for hydroxylation is 1. The van der Waals surface area contributed by atoms with Crippen molar-refractivity contribution in [2.45, 2.75) is 29.4 Å². The lowest BCUT2D eigenvalue weighted by atomic mass is 9.91. The van der Waals surface area contributed by atoms with Crippen LogP contribution in [0, 0.1) is 6.92 Å². The number of halogens is 2. The summed E-state index contributed by atoms with van der Waals surface area (Å²) in [7, 11) is -3.64. The van der Waals surface area contributed by atoms with Gasteiger partial charge in [-0.3, -0.25) is 0 Å². The molecule has 0 spiro atoms. The largest absolute Gasteiger partial charge is 0.381 e. The summed E-state index contributed by atoms with van der Waals surface area (Å²) in [6.45, 7) is 2.59. The lowest BCUT2D eigenvalue weighted by Gasteiger charge is -2.37. The van der Waals surface area contributed by atoms with Gasteiger partial charge in [0.05, 0.1) is 4.90 Å². The lowest BCUT2D eigenvalue weighted by Crippen LogP contribution is -2.41. The van der Waals surface area contributed by atoms with Gasteiger partial charge in [-0.1, -0.05) is 23.2 Å². The first-order valence-electron chi connectivity index (χ1n) is 7.57. The van der Waals surface area contributed by atoms with E-state index in [4.69, 9.17) is 27.9 Å². The van der Waals surface area contributed by atoms with Crippen LogP contribution >= 0.6 is 23.2 Å². The van der Waals surface area contributed by atoms with E-state index >= 15 is 0 Å². The zero-order valence-corrected chi connectivity index (χ0v) is 15.5. The zero-order chi connectivity index (χ0) is 17.4. The van der Waals surface area contributed by atoms with Crippen molar-refractivity contribution < 1.29 is 13.2 Å². The minimum atomic E-state index is -3.64. The topological polar surface area (TPSA) is 56.3 Å². The highest BCUT2D eigenvalue weighted by molar-refractivity contribution is 7.92. The van der Waals surface area contributed by atoms with Crippen LogP contribution < -0.4 is 0 Å². The molecule has 1 aliphatic heterocycles. The fraction of sp³-hybridized carbons (Fsp3) is 0.353. The number of nitrogens with zero attached hydrogens (tertiary/aromatic N) is 1. The second-order valence-corrected chi connectivity index (χ2v) is 8.95. The minimum absolute atomic E-state index is 0.251. The molecule has 24 heavy (non-hydrogen) atoms. The molecule has 7 heteroatoms. The average Bonchev–Trinajstić information content (AvgIpc) is 2.58. The van der Waals surface area contributed by atoms with Gasteiger partial charge in [0.2, 0.25) is 0 Å². The first kappa shape index (κ1) is 17.7. The maximum absolute atomic E-state index is 13.5. The van der Waals surface area contributed by atoms with Crippen LogP contribution in [0.2, 0.25) is 10.2 Å². The molecule has 1 aromatic heterocycles. The Morgan fingerprint density at radius 2 is 1.75 bits per heavy atom. The van der Waals surface area contributed by atoms with Crippen LogP contribution in [0.4, 0.5) is 0 Å². The number of ether oxygens (including phenoxy) is 1. The molecule has 1 saturated heterocycles. The van der Waals surface area contributed by atoms with Crippen LogP contribution in [0.5, 0.6) is 0 Å². The number of rotatable bonds is 3. The van der Waals surface area contributed by atoms with E-state index in [1.807, 2.05) is 13.0 Å². The molecule has 2 heterocycles. The smallest absolute Gasteiger partial charge is 0.188 e. The van der Waals surface area contributed by atoms with Gasteiger partial charge in [0.1, 0.15) is 9.90 Å². The Balaban J connectivity index is 2.18. The van der Waals surface area contributed by atoms with Gasteiger partial charge in [0.15, 0.2) is 9.84 Å². The molecular formula is C17H17Cl2NO3S. The van der Waals surface area contributed by atoms with Crippen molar-refractivity contribution in [1.29, 1.82) is 0 Å². The number of benzene rings is 1. The van der Waals surface area contributed by atoms with E-state index in [-0.39, 0.29) is 4.90 Å². The van der Waals surface area contributed by atoms with Gasteiger partial charge in [-0.2, -0.15) is 0 Å². The van der Waals surface area contributed by atoms with Gasteiger partial charge in [-0.15, -0.1) is 0 Å². The van der Waals surface area contributed by atoms with E-state index in [9.17, 15) is 8.42 Å². The summed E-state index contributed by atoms with van der Waals surface area (Å²) >= 11 is 11.9. The molecule has 1 fully saturated rings. The Bertz CT molecular complexity index is 845. The van der Waals surface area contributed by atoms with E-state index in [0.29, 0.717) is 41.8 Å². The van der Waals surface area contributed by atoms with Crippen molar-refractivity contribution in [3.05, 3.63) is 57.8 Å². The van der Waals surface area contributed by atoms with Crippen LogP contribution in [0.25, 0.3) is 0 Å². The molecule has 0 saturated carbocycles. The molecule has 1 aliphatic rings. The van der Waals surface area contributed by atoms with Crippen molar-refractivity contribution in [2.75, 3.05) is 13.2 Å². The summed E-state index contributed by atoms with van der Waals surface area (Å²) in [5.74, 6) is 0. The highest BCUT2D eigenvalue weighted by Gasteiger charge is 2.47. The van der Waals surface area contributed by atoms with Gasteiger partial charge in [-0.25, -0.2) is 13.4 Å². The quantitative estimate of drug-likeness (QED) is 0.743. The second-order valence-electron chi connectivity index (χ2n) is 5.90. The van der Waals surface area contributed by atoms with Gasteiger partial charge in [0.25, 0.3) is 0 Å². The van der Waals surface area contributed by atoms with E-state index in [1.165, 1.54) is 0 Å². The lowest BCUT2D eigenvalue weighted by molar-refractivity contribution is 0.0739. The maximum Gasteiger partial charge on any atom is 0.188 e. The van der Waals surface area contributed by atoms with Gasteiger partial charge in [-0.05, 0) is 61.2 Å². The summed E-state index contributed by atoms with van der Waals surface area (Å²) in [4.78, 5) is 4.41. The van der Waals surface area contributed by atoms with E-state index in [0.717, 1.165) is 5.56 Å². The summed E-state index contributed by atoms with van der Waals surface area (Å²) in [5, 5.41) is 0.879. The third-order valence-corrected chi connectivity index (χ3v) is 7.69. The highest BCUT2D eigenvalue weighted by Crippen LogP contribution is 2.44.